The Morgan fingerprint density at radius 2 is 0.769 bits per heavy atom. The van der Waals surface area contributed by atoms with E-state index in [1.165, 1.54) is 78.9 Å². The maximum atomic E-state index is 14.8. The van der Waals surface area contributed by atoms with E-state index in [4.69, 9.17) is 0 Å². The van der Waals surface area contributed by atoms with Crippen molar-refractivity contribution >= 4 is 58.7 Å². The highest BCUT2D eigenvalue weighted by Gasteiger charge is 2.25. The summed E-state index contributed by atoms with van der Waals surface area (Å²) in [5.74, 6) is -0.653. The zero-order valence-corrected chi connectivity index (χ0v) is 38.4. The van der Waals surface area contributed by atoms with Crippen LogP contribution in [0.5, 0.6) is 0 Å². The molecule has 0 bridgehead atoms. The molecule has 0 amide bonds. The number of rotatable bonds is 10. The minimum absolute atomic E-state index is 0. The highest BCUT2D eigenvalue weighted by molar-refractivity contribution is 7.85. The lowest BCUT2D eigenvalue weighted by Crippen LogP contribution is -2.32. The van der Waals surface area contributed by atoms with E-state index >= 15 is 0 Å². The van der Waals surface area contributed by atoms with Crippen LogP contribution in [0.3, 0.4) is 0 Å². The number of piperidine rings is 2. The van der Waals surface area contributed by atoms with Crippen LogP contribution in [0.4, 0.5) is 8.78 Å². The van der Waals surface area contributed by atoms with E-state index in [9.17, 15) is 13.0 Å². The fourth-order valence-electron chi connectivity index (χ4n) is 10.4. The quantitative estimate of drug-likeness (QED) is 0.137. The fraction of sp³-hybridized carbons (Fsp3) is 0.241. The molecule has 2 heterocycles. The van der Waals surface area contributed by atoms with Gasteiger partial charge in [0.1, 0.15) is 11.6 Å². The number of benzene rings is 6. The monoisotopic (exact) mass is 900 g/mol. The molecule has 6 aromatic rings. The molecule has 2 aliphatic heterocycles. The molecule has 4 aliphatic rings. The van der Waals surface area contributed by atoms with Crippen LogP contribution in [-0.2, 0) is 23.6 Å². The number of hydrogen-bond acceptors (Lipinski definition) is 3. The maximum Gasteiger partial charge on any atom is 0.123 e. The summed E-state index contributed by atoms with van der Waals surface area (Å²) in [5.41, 5.74) is 17.5. The van der Waals surface area contributed by atoms with Gasteiger partial charge in [-0.05, 0) is 168 Å². The molecule has 7 heteroatoms. The van der Waals surface area contributed by atoms with Gasteiger partial charge in [0.2, 0.25) is 0 Å². The molecule has 0 aromatic heterocycles. The maximum absolute atomic E-state index is 14.8. The molecule has 2 saturated heterocycles. The van der Waals surface area contributed by atoms with Gasteiger partial charge >= 0.3 is 0 Å². The third-order valence-electron chi connectivity index (χ3n) is 13.7. The SMILES string of the molecule is Cl.O=S(c1ccc(F)cc1CCCN1CCC(=C2c3ccccc3C=Cc3ccccc32)CC1)c1ccc(F)cc1CCCN1CCC(=C2c3ccccc3C=Cc3ccccc32)CC1. The summed E-state index contributed by atoms with van der Waals surface area (Å²) in [6.45, 7) is 5.63. The van der Waals surface area contributed by atoms with Gasteiger partial charge in [0.15, 0.2) is 0 Å². The van der Waals surface area contributed by atoms with Gasteiger partial charge in [0.05, 0.1) is 10.8 Å². The van der Waals surface area contributed by atoms with Gasteiger partial charge in [-0.15, -0.1) is 12.4 Å². The Morgan fingerprint density at radius 3 is 1.11 bits per heavy atom. The molecule has 10 rings (SSSR count). The average Bonchev–Trinajstić information content (AvgIpc) is 3.60. The minimum Gasteiger partial charge on any atom is -0.303 e. The van der Waals surface area contributed by atoms with Crippen molar-refractivity contribution in [1.29, 1.82) is 0 Å². The van der Waals surface area contributed by atoms with Crippen LogP contribution in [0, 0.1) is 11.6 Å². The molecule has 0 saturated carbocycles. The van der Waals surface area contributed by atoms with Crippen LogP contribution in [0.1, 0.15) is 94.2 Å². The topological polar surface area (TPSA) is 23.6 Å². The number of fused-ring (bicyclic) bond motifs is 4. The second-order valence-electron chi connectivity index (χ2n) is 17.6. The number of nitrogens with zero attached hydrogens (tertiary/aromatic N) is 2. The summed E-state index contributed by atoms with van der Waals surface area (Å²) in [4.78, 5) is 6.26. The first-order valence-corrected chi connectivity index (χ1v) is 24.2. The number of aryl methyl sites for hydroxylation is 2. The molecule has 0 N–H and O–H groups in total. The molecule has 65 heavy (non-hydrogen) atoms. The smallest absolute Gasteiger partial charge is 0.123 e. The van der Waals surface area contributed by atoms with Gasteiger partial charge in [-0.1, -0.05) is 133 Å². The van der Waals surface area contributed by atoms with Crippen molar-refractivity contribution in [2.75, 3.05) is 39.3 Å². The van der Waals surface area contributed by atoms with E-state index in [-0.39, 0.29) is 24.0 Å². The first-order valence-electron chi connectivity index (χ1n) is 23.1. The van der Waals surface area contributed by atoms with E-state index in [0.29, 0.717) is 22.6 Å². The second kappa shape index (κ2) is 20.3. The van der Waals surface area contributed by atoms with E-state index in [1.54, 1.807) is 24.3 Å². The highest BCUT2D eigenvalue weighted by Crippen LogP contribution is 2.40. The Balaban J connectivity index is 0.00000533. The summed E-state index contributed by atoms with van der Waals surface area (Å²) < 4.78 is 44.1. The molecule has 0 spiro atoms. The van der Waals surface area contributed by atoms with Crippen molar-refractivity contribution < 1.29 is 13.0 Å². The summed E-state index contributed by atoms with van der Waals surface area (Å²) in [5, 5.41) is 0. The largest absolute Gasteiger partial charge is 0.303 e. The Hall–Kier alpha value is -5.50. The van der Waals surface area contributed by atoms with E-state index < -0.39 is 10.8 Å². The summed E-state index contributed by atoms with van der Waals surface area (Å²) >= 11 is 0. The van der Waals surface area contributed by atoms with Gasteiger partial charge in [0, 0.05) is 36.0 Å². The Morgan fingerprint density at radius 1 is 0.446 bits per heavy atom. The molecule has 0 atom stereocenters. The van der Waals surface area contributed by atoms with E-state index in [0.717, 1.165) is 88.9 Å². The Labute approximate surface area is 391 Å². The lowest BCUT2D eigenvalue weighted by molar-refractivity contribution is 0.254. The predicted octanol–water partition coefficient (Wildman–Crippen LogP) is 13.6. The number of likely N-dealkylation sites (tertiary alicyclic amines) is 2. The standard InChI is InChI=1S/C58H54F2N2OS.ClH/c59-49-25-27-55(47(39-49)15-9-33-61-35-29-45(30-36-61)57-51-17-5-1-11-41(51)21-22-42-12-2-6-18-52(42)57)64(63)56-28-26-50(60)40-48(56)16-10-34-62-37-31-46(32-38-62)58-53-19-7-3-13-43(53)23-24-44-14-4-8-20-54(44)58;/h1-8,11-14,17-28,39-40H,9-10,15-16,29-38H2;1H. The van der Waals surface area contributed by atoms with E-state index in [2.05, 4.69) is 131 Å². The molecular weight excluding hydrogens is 846 g/mol. The van der Waals surface area contributed by atoms with Crippen molar-refractivity contribution in [3.63, 3.8) is 0 Å². The minimum atomic E-state index is -1.58. The van der Waals surface area contributed by atoms with Gasteiger partial charge in [-0.25, -0.2) is 13.0 Å². The molecule has 330 valence electrons. The first kappa shape index (κ1) is 44.7. The third-order valence-corrected chi connectivity index (χ3v) is 15.3. The van der Waals surface area contributed by atoms with Crippen molar-refractivity contribution in [2.24, 2.45) is 0 Å². The van der Waals surface area contributed by atoms with Crippen LogP contribution in [-0.4, -0.2) is 53.3 Å². The van der Waals surface area contributed by atoms with Crippen molar-refractivity contribution in [2.45, 2.75) is 61.2 Å². The van der Waals surface area contributed by atoms with Gasteiger partial charge in [0.25, 0.3) is 0 Å². The fourth-order valence-corrected chi connectivity index (χ4v) is 11.9. The molecule has 0 unspecified atom stereocenters. The van der Waals surface area contributed by atoms with Crippen molar-refractivity contribution in [3.05, 3.63) is 212 Å². The third kappa shape index (κ3) is 9.74. The molecule has 6 aromatic carbocycles. The molecule has 3 nitrogen and oxygen atoms in total. The average molecular weight is 902 g/mol. The Bertz CT molecular complexity index is 2560. The highest BCUT2D eigenvalue weighted by atomic mass is 35.5. The van der Waals surface area contributed by atoms with Crippen LogP contribution in [0.2, 0.25) is 0 Å². The van der Waals surface area contributed by atoms with Gasteiger partial charge in [-0.3, -0.25) is 0 Å². The number of hydrogen-bond donors (Lipinski definition) is 0. The van der Waals surface area contributed by atoms with Crippen molar-refractivity contribution in [1.82, 2.24) is 9.80 Å². The van der Waals surface area contributed by atoms with Gasteiger partial charge in [-0.2, -0.15) is 0 Å². The molecule has 2 aliphatic carbocycles. The van der Waals surface area contributed by atoms with Crippen LogP contribution < -0.4 is 0 Å². The van der Waals surface area contributed by atoms with Crippen LogP contribution in [0.25, 0.3) is 35.5 Å². The van der Waals surface area contributed by atoms with Crippen LogP contribution >= 0.6 is 12.4 Å². The normalized spacial score (nSPS) is 16.0. The number of halogens is 3. The summed E-state index contributed by atoms with van der Waals surface area (Å²) in [6.07, 6.45) is 15.8. The van der Waals surface area contributed by atoms with Gasteiger partial charge < -0.3 is 9.80 Å². The zero-order chi connectivity index (χ0) is 43.4. The lowest BCUT2D eigenvalue weighted by atomic mass is 9.86. The first-order chi connectivity index (χ1) is 31.5. The Kier molecular flexibility index (Phi) is 14.0. The lowest BCUT2D eigenvalue weighted by Gasteiger charge is -2.30. The second-order valence-corrected chi connectivity index (χ2v) is 19.1. The summed E-state index contributed by atoms with van der Waals surface area (Å²) in [7, 11) is -1.58. The van der Waals surface area contributed by atoms with Crippen LogP contribution in [0.15, 0.2) is 154 Å². The zero-order valence-electron chi connectivity index (χ0n) is 36.8. The van der Waals surface area contributed by atoms with E-state index in [1.807, 2.05) is 0 Å². The molecular formula is C58H55ClF2N2OS. The molecule has 2 fully saturated rings. The predicted molar refractivity (Wildman–Crippen MR) is 268 cm³/mol. The molecule has 0 radical (unpaired) electrons. The van der Waals surface area contributed by atoms with Crippen molar-refractivity contribution in [3.8, 4) is 0 Å². The summed E-state index contributed by atoms with van der Waals surface area (Å²) in [6, 6.07) is 44.1.